The highest BCUT2D eigenvalue weighted by Crippen LogP contribution is 2.21. The average Bonchev–Trinajstić information content (AvgIpc) is 2.30. The molecule has 0 bridgehead atoms. The van der Waals surface area contributed by atoms with Gasteiger partial charge in [-0.15, -0.1) is 0 Å². The van der Waals surface area contributed by atoms with E-state index in [-0.39, 0.29) is 36.3 Å². The van der Waals surface area contributed by atoms with Crippen molar-refractivity contribution in [3.8, 4) is 0 Å². The molecule has 0 fully saturated rings. The quantitative estimate of drug-likeness (QED) is 0.658. The largest absolute Gasteiger partial charge is 0.460 e. The van der Waals surface area contributed by atoms with E-state index < -0.39 is 11.5 Å². The molecule has 0 aliphatic carbocycles. The molecule has 2 atom stereocenters. The standard InChI is InChI=1S/C16H27FO3/c1-7-11(2)14(17)10-13(12(3)18)8-9-15(19)20-16(4,5)6/h10-11,13H,7-9H2,1-6H3/b14-10-/t11-,13-/m1/s1. The van der Waals surface area contributed by atoms with Crippen molar-refractivity contribution in [2.45, 2.75) is 66.4 Å². The van der Waals surface area contributed by atoms with Crippen molar-refractivity contribution in [3.63, 3.8) is 0 Å². The Balaban J connectivity index is 4.58. The van der Waals surface area contributed by atoms with Crippen LogP contribution in [0.25, 0.3) is 0 Å². The molecule has 0 unspecified atom stereocenters. The third kappa shape index (κ3) is 8.08. The number of ether oxygens (including phenoxy) is 1. The Hall–Kier alpha value is -1.19. The first-order chi connectivity index (χ1) is 9.06. The van der Waals surface area contributed by atoms with Crippen LogP contribution in [0.5, 0.6) is 0 Å². The van der Waals surface area contributed by atoms with Crippen molar-refractivity contribution in [1.82, 2.24) is 0 Å². The van der Waals surface area contributed by atoms with Gasteiger partial charge in [0.05, 0.1) is 5.83 Å². The van der Waals surface area contributed by atoms with Crippen molar-refractivity contribution in [2.75, 3.05) is 0 Å². The maximum atomic E-state index is 13.8. The Kier molecular flexibility index (Phi) is 7.69. The monoisotopic (exact) mass is 286 g/mol. The molecule has 0 amide bonds. The minimum absolute atomic E-state index is 0.117. The fourth-order valence-electron chi connectivity index (χ4n) is 1.62. The smallest absolute Gasteiger partial charge is 0.306 e. The third-order valence-corrected chi connectivity index (χ3v) is 3.05. The summed E-state index contributed by atoms with van der Waals surface area (Å²) in [5, 5.41) is 0. The van der Waals surface area contributed by atoms with Gasteiger partial charge in [0.25, 0.3) is 0 Å². The van der Waals surface area contributed by atoms with Crippen LogP contribution in [0.15, 0.2) is 11.9 Å². The number of carbonyl (C=O) groups excluding carboxylic acids is 2. The van der Waals surface area contributed by atoms with Gasteiger partial charge in [0.2, 0.25) is 0 Å². The zero-order chi connectivity index (χ0) is 15.9. The first-order valence-electron chi connectivity index (χ1n) is 7.16. The summed E-state index contributed by atoms with van der Waals surface area (Å²) in [7, 11) is 0. The Morgan fingerprint density at radius 1 is 1.30 bits per heavy atom. The van der Waals surface area contributed by atoms with Crippen molar-refractivity contribution >= 4 is 11.8 Å². The van der Waals surface area contributed by atoms with Gasteiger partial charge in [0.1, 0.15) is 11.4 Å². The lowest BCUT2D eigenvalue weighted by atomic mass is 9.95. The van der Waals surface area contributed by atoms with E-state index in [2.05, 4.69) is 0 Å². The summed E-state index contributed by atoms with van der Waals surface area (Å²) in [4.78, 5) is 23.1. The Labute approximate surface area is 121 Å². The van der Waals surface area contributed by atoms with Gasteiger partial charge in [-0.25, -0.2) is 4.39 Å². The molecule has 20 heavy (non-hydrogen) atoms. The highest BCUT2D eigenvalue weighted by Gasteiger charge is 2.20. The zero-order valence-corrected chi connectivity index (χ0v) is 13.5. The fourth-order valence-corrected chi connectivity index (χ4v) is 1.62. The number of hydrogen-bond acceptors (Lipinski definition) is 3. The van der Waals surface area contributed by atoms with E-state index in [1.54, 1.807) is 27.7 Å². The third-order valence-electron chi connectivity index (χ3n) is 3.05. The second-order valence-electron chi connectivity index (χ2n) is 6.20. The van der Waals surface area contributed by atoms with Crippen LogP contribution in [0.4, 0.5) is 4.39 Å². The molecule has 0 aliphatic heterocycles. The molecular formula is C16H27FO3. The minimum atomic E-state index is -0.559. The molecule has 0 aliphatic rings. The molecule has 0 N–H and O–H groups in total. The summed E-state index contributed by atoms with van der Waals surface area (Å²) in [5.41, 5.74) is -0.541. The van der Waals surface area contributed by atoms with E-state index in [0.717, 1.165) is 0 Å². The van der Waals surface area contributed by atoms with E-state index in [4.69, 9.17) is 4.74 Å². The van der Waals surface area contributed by atoms with Crippen LogP contribution < -0.4 is 0 Å². The number of carbonyl (C=O) groups is 2. The predicted molar refractivity (Wildman–Crippen MR) is 77.9 cm³/mol. The molecular weight excluding hydrogens is 259 g/mol. The van der Waals surface area contributed by atoms with E-state index in [1.165, 1.54) is 13.0 Å². The lowest BCUT2D eigenvalue weighted by Gasteiger charge is -2.20. The number of hydrogen-bond donors (Lipinski definition) is 0. The summed E-state index contributed by atoms with van der Waals surface area (Å²) >= 11 is 0. The van der Waals surface area contributed by atoms with Crippen LogP contribution in [0.2, 0.25) is 0 Å². The number of esters is 1. The maximum Gasteiger partial charge on any atom is 0.306 e. The topological polar surface area (TPSA) is 43.4 Å². The predicted octanol–water partition coefficient (Wildman–Crippen LogP) is 4.21. The van der Waals surface area contributed by atoms with Crippen LogP contribution in [0, 0.1) is 11.8 Å². The normalized spacial score (nSPS) is 15.7. The van der Waals surface area contributed by atoms with Gasteiger partial charge in [-0.2, -0.15) is 0 Å². The summed E-state index contributed by atoms with van der Waals surface area (Å²) in [6.07, 6.45) is 2.43. The summed E-state index contributed by atoms with van der Waals surface area (Å²) in [6, 6.07) is 0. The molecule has 0 radical (unpaired) electrons. The Morgan fingerprint density at radius 2 is 1.85 bits per heavy atom. The van der Waals surface area contributed by atoms with Gasteiger partial charge in [0, 0.05) is 18.3 Å². The summed E-state index contributed by atoms with van der Waals surface area (Å²) in [6.45, 7) is 10.4. The van der Waals surface area contributed by atoms with Crippen molar-refractivity contribution in [3.05, 3.63) is 11.9 Å². The molecule has 116 valence electrons. The number of Topliss-reactive ketones (excluding diaryl/α,β-unsaturated/α-hetero) is 1. The second-order valence-corrected chi connectivity index (χ2v) is 6.20. The number of rotatable bonds is 7. The van der Waals surface area contributed by atoms with E-state index >= 15 is 0 Å². The second kappa shape index (κ2) is 8.18. The molecule has 0 saturated heterocycles. The van der Waals surface area contributed by atoms with Crippen molar-refractivity contribution < 1.29 is 18.7 Å². The molecule has 4 heteroatoms. The van der Waals surface area contributed by atoms with Crippen LogP contribution in [0.3, 0.4) is 0 Å². The lowest BCUT2D eigenvalue weighted by molar-refractivity contribution is -0.155. The van der Waals surface area contributed by atoms with Gasteiger partial charge in [-0.1, -0.05) is 13.8 Å². The van der Waals surface area contributed by atoms with Gasteiger partial charge in [0.15, 0.2) is 0 Å². The van der Waals surface area contributed by atoms with Crippen LogP contribution in [-0.4, -0.2) is 17.4 Å². The zero-order valence-electron chi connectivity index (χ0n) is 13.5. The number of ketones is 1. The van der Waals surface area contributed by atoms with Crippen LogP contribution in [-0.2, 0) is 14.3 Å². The van der Waals surface area contributed by atoms with Gasteiger partial charge < -0.3 is 4.74 Å². The molecule has 0 saturated carbocycles. The highest BCUT2D eigenvalue weighted by molar-refractivity contribution is 5.81. The van der Waals surface area contributed by atoms with Crippen LogP contribution in [0.1, 0.15) is 60.8 Å². The van der Waals surface area contributed by atoms with E-state index in [1.807, 2.05) is 6.92 Å². The SMILES string of the molecule is CC[C@@H](C)/C(F)=C/[C@@H](CCC(=O)OC(C)(C)C)C(C)=O. The average molecular weight is 286 g/mol. The van der Waals surface area contributed by atoms with E-state index in [9.17, 15) is 14.0 Å². The number of allylic oxidation sites excluding steroid dienone is 2. The Bertz CT molecular complexity index is 366. The summed E-state index contributed by atoms with van der Waals surface area (Å²) < 4.78 is 19.0. The van der Waals surface area contributed by atoms with E-state index in [0.29, 0.717) is 6.42 Å². The highest BCUT2D eigenvalue weighted by atomic mass is 19.1. The van der Waals surface area contributed by atoms with Gasteiger partial charge >= 0.3 is 5.97 Å². The molecule has 0 heterocycles. The first-order valence-corrected chi connectivity index (χ1v) is 7.16. The first kappa shape index (κ1) is 18.8. The minimum Gasteiger partial charge on any atom is -0.460 e. The maximum absolute atomic E-state index is 13.8. The van der Waals surface area contributed by atoms with Gasteiger partial charge in [-0.3, -0.25) is 9.59 Å². The lowest BCUT2D eigenvalue weighted by Crippen LogP contribution is -2.24. The molecule has 0 aromatic rings. The van der Waals surface area contributed by atoms with Gasteiger partial charge in [-0.05, 0) is 46.6 Å². The molecule has 0 spiro atoms. The van der Waals surface area contributed by atoms with Crippen molar-refractivity contribution in [1.29, 1.82) is 0 Å². The van der Waals surface area contributed by atoms with Crippen LogP contribution >= 0.6 is 0 Å². The molecule has 0 aromatic heterocycles. The molecule has 0 aromatic carbocycles. The fraction of sp³-hybridized carbons (Fsp3) is 0.750. The number of halogens is 1. The van der Waals surface area contributed by atoms with Crippen molar-refractivity contribution in [2.24, 2.45) is 11.8 Å². The summed E-state index contributed by atoms with van der Waals surface area (Å²) in [5.74, 6) is -1.53. The molecule has 0 rings (SSSR count). The molecule has 3 nitrogen and oxygen atoms in total. The Morgan fingerprint density at radius 3 is 2.25 bits per heavy atom.